The minimum Gasteiger partial charge on any atom is -0.493 e. The molecule has 38 heavy (non-hydrogen) atoms. The van der Waals surface area contributed by atoms with E-state index in [1.54, 1.807) is 36.5 Å². The van der Waals surface area contributed by atoms with Crippen LogP contribution >= 0.6 is 0 Å². The Kier molecular flexibility index (Phi) is 8.98. The molecular formula is C27H27N5O6. The quantitative estimate of drug-likeness (QED) is 0.176. The van der Waals surface area contributed by atoms with Gasteiger partial charge in [-0.2, -0.15) is 0 Å². The van der Waals surface area contributed by atoms with Crippen LogP contribution < -0.4 is 20.1 Å². The number of hydrogen-bond donors (Lipinski definition) is 2. The van der Waals surface area contributed by atoms with Crippen LogP contribution in [0.15, 0.2) is 66.9 Å². The number of nitrogens with one attached hydrogen (secondary N) is 2. The van der Waals surface area contributed by atoms with Crippen LogP contribution in [0.3, 0.4) is 0 Å². The first-order valence-electron chi connectivity index (χ1n) is 11.9. The number of anilines is 1. The highest BCUT2D eigenvalue weighted by Crippen LogP contribution is 2.32. The van der Waals surface area contributed by atoms with Crippen LogP contribution in [0.2, 0.25) is 0 Å². The lowest BCUT2D eigenvalue weighted by Crippen LogP contribution is -2.28. The van der Waals surface area contributed by atoms with Gasteiger partial charge in [-0.05, 0) is 42.8 Å². The van der Waals surface area contributed by atoms with Crippen LogP contribution in [0.1, 0.15) is 12.5 Å². The van der Waals surface area contributed by atoms with Gasteiger partial charge in [0.1, 0.15) is 17.9 Å². The first-order valence-corrected chi connectivity index (χ1v) is 11.9. The van der Waals surface area contributed by atoms with Crippen LogP contribution in [0.4, 0.5) is 15.4 Å². The maximum absolute atomic E-state index is 12.1. The molecule has 2 heterocycles. The minimum absolute atomic E-state index is 0.0443. The highest BCUT2D eigenvalue weighted by molar-refractivity contribution is 5.89. The van der Waals surface area contributed by atoms with E-state index in [0.29, 0.717) is 47.1 Å². The molecule has 2 aromatic carbocycles. The van der Waals surface area contributed by atoms with Crippen molar-refractivity contribution in [1.82, 2.24) is 20.3 Å². The number of benzene rings is 2. The van der Waals surface area contributed by atoms with Gasteiger partial charge in [-0.1, -0.05) is 30.3 Å². The van der Waals surface area contributed by atoms with Gasteiger partial charge < -0.3 is 24.3 Å². The molecule has 0 aliphatic rings. The predicted molar refractivity (Wildman–Crippen MR) is 140 cm³/mol. The summed E-state index contributed by atoms with van der Waals surface area (Å²) in [6.07, 6.45) is 0.723. The number of urea groups is 1. The number of fused-ring (bicyclic) bond motifs is 1. The highest BCUT2D eigenvalue weighted by atomic mass is 16.7. The van der Waals surface area contributed by atoms with Gasteiger partial charge in [0.15, 0.2) is 17.1 Å². The van der Waals surface area contributed by atoms with E-state index >= 15 is 0 Å². The van der Waals surface area contributed by atoms with Gasteiger partial charge in [0, 0.05) is 12.1 Å². The van der Waals surface area contributed by atoms with Crippen LogP contribution in [0.5, 0.6) is 11.5 Å². The molecule has 0 spiro atoms. The van der Waals surface area contributed by atoms with Crippen molar-refractivity contribution < 1.29 is 28.5 Å². The van der Waals surface area contributed by atoms with E-state index in [2.05, 4.69) is 25.6 Å². The topological polar surface area (TPSA) is 134 Å². The Bertz CT molecular complexity index is 1400. The summed E-state index contributed by atoms with van der Waals surface area (Å²) in [4.78, 5) is 37.3. The number of carbonyl (C=O) groups excluding carboxylic acids is 2. The summed E-state index contributed by atoms with van der Waals surface area (Å²) in [7, 11) is 1.46. The first kappa shape index (κ1) is 26.3. The average molecular weight is 518 g/mol. The van der Waals surface area contributed by atoms with Gasteiger partial charge in [0.05, 0.1) is 32.2 Å². The molecule has 11 heteroatoms. The lowest BCUT2D eigenvalue weighted by Gasteiger charge is -2.11. The number of amides is 2. The lowest BCUT2D eigenvalue weighted by molar-refractivity contribution is 0.0459. The fraction of sp³-hybridized carbons (Fsp3) is 0.222. The fourth-order valence-corrected chi connectivity index (χ4v) is 3.41. The van der Waals surface area contributed by atoms with Crippen LogP contribution in [0.25, 0.3) is 22.4 Å². The number of carbonyl (C=O) groups is 2. The van der Waals surface area contributed by atoms with Crippen LogP contribution in [-0.2, 0) is 16.1 Å². The Balaban J connectivity index is 1.37. The second-order valence-electron chi connectivity index (χ2n) is 7.88. The maximum atomic E-state index is 12.1. The minimum atomic E-state index is -0.874. The molecule has 0 saturated heterocycles. The fourth-order valence-electron chi connectivity index (χ4n) is 3.41. The number of hydrogen-bond acceptors (Lipinski definition) is 9. The number of nitrogens with zero attached hydrogens (tertiary/aromatic N) is 3. The summed E-state index contributed by atoms with van der Waals surface area (Å²) in [6, 6.07) is 17.7. The zero-order valence-corrected chi connectivity index (χ0v) is 21.0. The van der Waals surface area contributed by atoms with Crippen molar-refractivity contribution in [2.75, 3.05) is 32.2 Å². The van der Waals surface area contributed by atoms with E-state index in [-0.39, 0.29) is 25.0 Å². The summed E-state index contributed by atoms with van der Waals surface area (Å²) < 4.78 is 21.3. The van der Waals surface area contributed by atoms with Gasteiger partial charge in [-0.15, -0.1) is 0 Å². The third-order valence-electron chi connectivity index (χ3n) is 5.20. The van der Waals surface area contributed by atoms with E-state index in [4.69, 9.17) is 18.9 Å². The van der Waals surface area contributed by atoms with E-state index in [1.807, 2.05) is 37.3 Å². The van der Waals surface area contributed by atoms with Gasteiger partial charge in [0.25, 0.3) is 0 Å². The summed E-state index contributed by atoms with van der Waals surface area (Å²) in [5, 5.41) is 5.29. The van der Waals surface area contributed by atoms with Crippen molar-refractivity contribution in [3.05, 3.63) is 72.4 Å². The number of rotatable bonds is 10. The Morgan fingerprint density at radius 2 is 1.79 bits per heavy atom. The molecule has 0 fully saturated rings. The van der Waals surface area contributed by atoms with Gasteiger partial charge in [-0.3, -0.25) is 10.3 Å². The molecule has 4 rings (SSSR count). The summed E-state index contributed by atoms with van der Waals surface area (Å²) in [5.74, 6) is 0.841. The van der Waals surface area contributed by atoms with Crippen molar-refractivity contribution in [2.45, 2.75) is 13.5 Å². The number of ether oxygens (including phenoxy) is 4. The molecule has 4 aromatic rings. The van der Waals surface area contributed by atoms with Gasteiger partial charge in [0.2, 0.25) is 0 Å². The molecule has 0 aliphatic heterocycles. The number of pyridine rings is 1. The SMILES string of the molecule is CCNC(=O)Nc1ccc2ncc(-c3ccc(OC(=O)OCCOCc4ccccc4)c(OC)c3)nc2n1. The molecule has 11 nitrogen and oxygen atoms in total. The molecule has 2 N–H and O–H groups in total. The average Bonchev–Trinajstić information content (AvgIpc) is 2.93. The van der Waals surface area contributed by atoms with Crippen molar-refractivity contribution >= 4 is 29.2 Å². The number of methoxy groups -OCH3 is 1. The largest absolute Gasteiger partial charge is 0.514 e. The monoisotopic (exact) mass is 517 g/mol. The zero-order valence-electron chi connectivity index (χ0n) is 21.0. The summed E-state index contributed by atoms with van der Waals surface area (Å²) in [6.45, 7) is 3.01. The molecule has 0 atom stereocenters. The molecule has 0 aliphatic carbocycles. The molecule has 2 aromatic heterocycles. The van der Waals surface area contributed by atoms with Crippen molar-refractivity contribution in [1.29, 1.82) is 0 Å². The third-order valence-corrected chi connectivity index (χ3v) is 5.20. The van der Waals surface area contributed by atoms with Gasteiger partial charge in [-0.25, -0.2) is 19.6 Å². The molecule has 0 saturated carbocycles. The van der Waals surface area contributed by atoms with E-state index < -0.39 is 6.16 Å². The van der Waals surface area contributed by atoms with E-state index in [1.165, 1.54) is 7.11 Å². The zero-order chi connectivity index (χ0) is 26.7. The first-order chi connectivity index (χ1) is 18.6. The lowest BCUT2D eigenvalue weighted by atomic mass is 10.1. The van der Waals surface area contributed by atoms with Crippen molar-refractivity contribution in [2.24, 2.45) is 0 Å². The normalized spacial score (nSPS) is 10.6. The molecule has 196 valence electrons. The molecule has 0 bridgehead atoms. The molecule has 0 unspecified atom stereocenters. The highest BCUT2D eigenvalue weighted by Gasteiger charge is 2.14. The standard InChI is InChI=1S/C27H27N5O6/c1-3-28-26(33)32-24-12-10-20-25(31-24)30-21(16-29-20)19-9-11-22(23(15-19)35-2)38-27(34)37-14-13-36-17-18-7-5-4-6-8-18/h4-12,15-16H,3,13-14,17H2,1-2H3,(H2,28,30,31,32,33). The second-order valence-corrected chi connectivity index (χ2v) is 7.88. The second kappa shape index (κ2) is 13.0. The Morgan fingerprint density at radius 1 is 0.947 bits per heavy atom. The Hall–Kier alpha value is -4.77. The Labute approximate surface area is 219 Å². The third kappa shape index (κ3) is 7.14. The van der Waals surface area contributed by atoms with Crippen LogP contribution in [-0.4, -0.2) is 54.0 Å². The van der Waals surface area contributed by atoms with Crippen molar-refractivity contribution in [3.63, 3.8) is 0 Å². The summed E-state index contributed by atoms with van der Waals surface area (Å²) >= 11 is 0. The summed E-state index contributed by atoms with van der Waals surface area (Å²) in [5.41, 5.74) is 3.13. The van der Waals surface area contributed by atoms with E-state index in [0.717, 1.165) is 5.56 Å². The van der Waals surface area contributed by atoms with Crippen molar-refractivity contribution in [3.8, 4) is 22.8 Å². The molecular weight excluding hydrogens is 490 g/mol. The maximum Gasteiger partial charge on any atom is 0.514 e. The molecule has 2 amide bonds. The molecule has 0 radical (unpaired) electrons. The van der Waals surface area contributed by atoms with E-state index in [9.17, 15) is 9.59 Å². The van der Waals surface area contributed by atoms with Crippen LogP contribution in [0, 0.1) is 0 Å². The predicted octanol–water partition coefficient (Wildman–Crippen LogP) is 4.57. The van der Waals surface area contributed by atoms with Gasteiger partial charge >= 0.3 is 12.2 Å². The Morgan fingerprint density at radius 3 is 2.58 bits per heavy atom. The number of aromatic nitrogens is 3. The smallest absolute Gasteiger partial charge is 0.493 e.